The standard InChI is InChI=1S/C12H17BrN4O2/c1-8(2)19-12(18)17-4-3-10(7-17)16-11-14-5-9(13)6-15-11/h5-6,8,10H,3-4,7H2,1-2H3,(H,14,15,16). The molecule has 1 amide bonds. The number of aromatic nitrogens is 2. The predicted octanol–water partition coefficient (Wildman–Crippen LogP) is 2.27. The van der Waals surface area contributed by atoms with Crippen LogP contribution in [0.4, 0.5) is 10.7 Å². The molecule has 0 aromatic carbocycles. The van der Waals surface area contributed by atoms with Gasteiger partial charge in [-0.1, -0.05) is 0 Å². The van der Waals surface area contributed by atoms with Gasteiger partial charge >= 0.3 is 6.09 Å². The Morgan fingerprint density at radius 3 is 2.84 bits per heavy atom. The molecule has 1 unspecified atom stereocenters. The number of hydrogen-bond donors (Lipinski definition) is 1. The van der Waals surface area contributed by atoms with Crippen molar-refractivity contribution >= 4 is 28.0 Å². The Morgan fingerprint density at radius 1 is 1.53 bits per heavy atom. The van der Waals surface area contributed by atoms with Crippen molar-refractivity contribution in [2.24, 2.45) is 0 Å². The molecule has 19 heavy (non-hydrogen) atoms. The van der Waals surface area contributed by atoms with E-state index in [1.165, 1.54) is 0 Å². The number of nitrogens with zero attached hydrogens (tertiary/aromatic N) is 3. The van der Waals surface area contributed by atoms with Gasteiger partial charge in [-0.2, -0.15) is 0 Å². The number of hydrogen-bond acceptors (Lipinski definition) is 5. The lowest BCUT2D eigenvalue weighted by atomic mass is 10.3. The Bertz CT molecular complexity index is 438. The highest BCUT2D eigenvalue weighted by Gasteiger charge is 2.28. The zero-order chi connectivity index (χ0) is 13.8. The first kappa shape index (κ1) is 14.0. The first-order valence-electron chi connectivity index (χ1n) is 6.24. The fourth-order valence-electron chi connectivity index (χ4n) is 1.89. The summed E-state index contributed by atoms with van der Waals surface area (Å²) in [5.41, 5.74) is 0. The molecule has 2 heterocycles. The second-order valence-electron chi connectivity index (χ2n) is 4.73. The number of nitrogens with one attached hydrogen (secondary N) is 1. The molecule has 2 rings (SSSR count). The highest BCUT2D eigenvalue weighted by atomic mass is 79.9. The molecule has 0 spiro atoms. The summed E-state index contributed by atoms with van der Waals surface area (Å²) in [6.45, 7) is 5.00. The molecule has 1 N–H and O–H groups in total. The number of anilines is 1. The van der Waals surface area contributed by atoms with Gasteiger partial charge in [0.15, 0.2) is 0 Å². The summed E-state index contributed by atoms with van der Waals surface area (Å²) in [4.78, 5) is 21.8. The molecule has 0 saturated carbocycles. The quantitative estimate of drug-likeness (QED) is 0.921. The number of likely N-dealkylation sites (tertiary alicyclic amines) is 1. The molecule has 1 fully saturated rings. The maximum absolute atomic E-state index is 11.7. The van der Waals surface area contributed by atoms with Crippen LogP contribution in [0.3, 0.4) is 0 Å². The van der Waals surface area contributed by atoms with E-state index in [0.29, 0.717) is 19.0 Å². The molecular weight excluding hydrogens is 312 g/mol. The van der Waals surface area contributed by atoms with Crippen LogP contribution in [0.25, 0.3) is 0 Å². The van der Waals surface area contributed by atoms with Crippen molar-refractivity contribution in [3.63, 3.8) is 0 Å². The summed E-state index contributed by atoms with van der Waals surface area (Å²) in [6.07, 6.45) is 3.90. The maximum Gasteiger partial charge on any atom is 0.410 e. The Balaban J connectivity index is 1.85. The minimum atomic E-state index is -0.254. The second kappa shape index (κ2) is 6.18. The van der Waals surface area contributed by atoms with E-state index in [2.05, 4.69) is 31.2 Å². The van der Waals surface area contributed by atoms with Crippen molar-refractivity contribution < 1.29 is 9.53 Å². The van der Waals surface area contributed by atoms with E-state index in [9.17, 15) is 4.79 Å². The minimum absolute atomic E-state index is 0.0886. The molecule has 1 saturated heterocycles. The van der Waals surface area contributed by atoms with Crippen LogP contribution in [-0.4, -0.2) is 46.2 Å². The molecule has 104 valence electrons. The van der Waals surface area contributed by atoms with Gasteiger partial charge in [0.25, 0.3) is 0 Å². The SMILES string of the molecule is CC(C)OC(=O)N1CCC(Nc2ncc(Br)cn2)C1. The van der Waals surface area contributed by atoms with E-state index in [1.807, 2.05) is 13.8 Å². The van der Waals surface area contributed by atoms with Gasteiger partial charge in [-0.3, -0.25) is 0 Å². The number of amides is 1. The van der Waals surface area contributed by atoms with Crippen molar-refractivity contribution in [2.45, 2.75) is 32.4 Å². The second-order valence-corrected chi connectivity index (χ2v) is 5.65. The molecule has 0 radical (unpaired) electrons. The average molecular weight is 329 g/mol. The molecule has 0 aliphatic carbocycles. The molecule has 1 aromatic heterocycles. The predicted molar refractivity (Wildman–Crippen MR) is 74.9 cm³/mol. The number of ether oxygens (including phenoxy) is 1. The molecule has 1 aliphatic heterocycles. The summed E-state index contributed by atoms with van der Waals surface area (Å²) < 4.78 is 6.01. The zero-order valence-corrected chi connectivity index (χ0v) is 12.6. The third kappa shape index (κ3) is 4.05. The monoisotopic (exact) mass is 328 g/mol. The minimum Gasteiger partial charge on any atom is -0.447 e. The van der Waals surface area contributed by atoms with Crippen molar-refractivity contribution in [3.05, 3.63) is 16.9 Å². The van der Waals surface area contributed by atoms with Crippen LogP contribution >= 0.6 is 15.9 Å². The molecule has 7 heteroatoms. The van der Waals surface area contributed by atoms with Gasteiger partial charge in [0.05, 0.1) is 10.6 Å². The number of halogens is 1. The first-order chi connectivity index (χ1) is 9.04. The van der Waals surface area contributed by atoms with E-state index in [1.54, 1.807) is 17.3 Å². The summed E-state index contributed by atoms with van der Waals surface area (Å²) in [5, 5.41) is 3.21. The van der Waals surface area contributed by atoms with Gasteiger partial charge in [0.1, 0.15) is 0 Å². The van der Waals surface area contributed by atoms with Crippen LogP contribution < -0.4 is 5.32 Å². The number of carbonyl (C=O) groups is 1. The van der Waals surface area contributed by atoms with Crippen LogP contribution in [-0.2, 0) is 4.74 Å². The van der Waals surface area contributed by atoms with Gasteiger partial charge in [0, 0.05) is 31.5 Å². The van der Waals surface area contributed by atoms with Gasteiger partial charge in [-0.15, -0.1) is 0 Å². The highest BCUT2D eigenvalue weighted by molar-refractivity contribution is 9.10. The van der Waals surface area contributed by atoms with Crippen molar-refractivity contribution in [3.8, 4) is 0 Å². The van der Waals surface area contributed by atoms with Crippen LogP contribution in [0.5, 0.6) is 0 Å². The highest BCUT2D eigenvalue weighted by Crippen LogP contribution is 2.15. The normalized spacial score (nSPS) is 18.7. The molecular formula is C12H17BrN4O2. The molecule has 6 nitrogen and oxygen atoms in total. The van der Waals surface area contributed by atoms with Crippen LogP contribution in [0.2, 0.25) is 0 Å². The molecule has 1 atom stereocenters. The largest absolute Gasteiger partial charge is 0.447 e. The summed E-state index contributed by atoms with van der Waals surface area (Å²) >= 11 is 3.29. The topological polar surface area (TPSA) is 67.3 Å². The third-order valence-corrected chi connectivity index (χ3v) is 3.15. The van der Waals surface area contributed by atoms with Gasteiger partial charge in [-0.05, 0) is 36.2 Å². The third-order valence-electron chi connectivity index (χ3n) is 2.74. The van der Waals surface area contributed by atoms with E-state index >= 15 is 0 Å². The first-order valence-corrected chi connectivity index (χ1v) is 7.03. The van der Waals surface area contributed by atoms with Gasteiger partial charge in [-0.25, -0.2) is 14.8 Å². The van der Waals surface area contributed by atoms with Crippen LogP contribution in [0.15, 0.2) is 16.9 Å². The maximum atomic E-state index is 11.7. The van der Waals surface area contributed by atoms with E-state index in [-0.39, 0.29) is 18.2 Å². The summed E-state index contributed by atoms with van der Waals surface area (Å²) in [7, 11) is 0. The van der Waals surface area contributed by atoms with Crippen molar-refractivity contribution in [1.29, 1.82) is 0 Å². The Hall–Kier alpha value is -1.37. The Morgan fingerprint density at radius 2 is 2.21 bits per heavy atom. The van der Waals surface area contributed by atoms with Gasteiger partial charge < -0.3 is 15.0 Å². The number of carbonyl (C=O) groups excluding carboxylic acids is 1. The Kier molecular flexibility index (Phi) is 4.57. The molecule has 1 aliphatic rings. The van der Waals surface area contributed by atoms with Gasteiger partial charge in [0.2, 0.25) is 5.95 Å². The smallest absolute Gasteiger partial charge is 0.410 e. The number of rotatable bonds is 3. The lowest BCUT2D eigenvalue weighted by molar-refractivity contribution is 0.0834. The van der Waals surface area contributed by atoms with E-state index in [0.717, 1.165) is 10.9 Å². The summed E-state index contributed by atoms with van der Waals surface area (Å²) in [5.74, 6) is 0.576. The fraction of sp³-hybridized carbons (Fsp3) is 0.583. The molecule has 0 bridgehead atoms. The van der Waals surface area contributed by atoms with Crippen LogP contribution in [0, 0.1) is 0 Å². The Labute approximate surface area is 120 Å². The lowest BCUT2D eigenvalue weighted by Gasteiger charge is -2.18. The molecule has 1 aromatic rings. The fourth-order valence-corrected chi connectivity index (χ4v) is 2.09. The van der Waals surface area contributed by atoms with E-state index < -0.39 is 0 Å². The van der Waals surface area contributed by atoms with Crippen LogP contribution in [0.1, 0.15) is 20.3 Å². The van der Waals surface area contributed by atoms with Crippen molar-refractivity contribution in [1.82, 2.24) is 14.9 Å². The average Bonchev–Trinajstić information content (AvgIpc) is 2.80. The van der Waals surface area contributed by atoms with E-state index in [4.69, 9.17) is 4.74 Å². The van der Waals surface area contributed by atoms with Crippen molar-refractivity contribution in [2.75, 3.05) is 18.4 Å². The summed E-state index contributed by atoms with van der Waals surface area (Å²) in [6, 6.07) is 0.167. The lowest BCUT2D eigenvalue weighted by Crippen LogP contribution is -2.33. The zero-order valence-electron chi connectivity index (χ0n) is 11.0.